The van der Waals surface area contributed by atoms with E-state index in [1.165, 1.54) is 49.1 Å². The Labute approximate surface area is 323 Å². The highest BCUT2D eigenvalue weighted by Gasteiger charge is 2.21. The minimum absolute atomic E-state index is 0.587. The molecule has 3 heterocycles. The molecule has 5 nitrogen and oxygen atoms in total. The monoisotopic (exact) mass is 700 g/mol. The molecule has 0 spiro atoms. The zero-order chi connectivity index (χ0) is 37.4. The van der Waals surface area contributed by atoms with Crippen molar-refractivity contribution in [2.75, 3.05) is 0 Å². The van der Waals surface area contributed by atoms with Gasteiger partial charge < -0.3 is 8.98 Å². The van der Waals surface area contributed by atoms with E-state index in [0.717, 1.165) is 55.4 Å². The molecular weight excluding hydrogens is 667 g/mol. The van der Waals surface area contributed by atoms with Crippen molar-refractivity contribution in [1.29, 1.82) is 0 Å². The lowest BCUT2D eigenvalue weighted by Crippen LogP contribution is -2.55. The molecule has 10 heteroatoms. The summed E-state index contributed by atoms with van der Waals surface area (Å²) < 4.78 is 9.05. The fourth-order valence-electron chi connectivity index (χ4n) is 8.32. The van der Waals surface area contributed by atoms with Crippen LogP contribution in [0.5, 0.6) is 0 Å². The number of benzene rings is 7. The van der Waals surface area contributed by atoms with Gasteiger partial charge in [0.25, 0.3) is 0 Å². The van der Waals surface area contributed by atoms with Crippen LogP contribution in [-0.4, -0.2) is 58.8 Å². The van der Waals surface area contributed by atoms with Gasteiger partial charge in [0.05, 0.1) is 16.6 Å². The molecule has 0 saturated carbocycles. The van der Waals surface area contributed by atoms with Crippen molar-refractivity contribution in [3.8, 4) is 51.0 Å². The van der Waals surface area contributed by atoms with Gasteiger partial charge in [0.15, 0.2) is 17.5 Å². The second kappa shape index (κ2) is 12.8. The maximum absolute atomic E-state index is 6.70. The van der Waals surface area contributed by atoms with Crippen molar-refractivity contribution in [2.24, 2.45) is 0 Å². The fourth-order valence-corrected chi connectivity index (χ4v) is 8.32. The zero-order valence-corrected chi connectivity index (χ0v) is 31.5. The Hall–Kier alpha value is -6.53. The van der Waals surface area contributed by atoms with Crippen LogP contribution in [0.2, 0.25) is 0 Å². The van der Waals surface area contributed by atoms with E-state index >= 15 is 0 Å². The quantitative estimate of drug-likeness (QED) is 0.260. The summed E-state index contributed by atoms with van der Waals surface area (Å²) in [6, 6.07) is 48.9. The predicted molar refractivity (Wildman–Crippen MR) is 244 cm³/mol. The Balaban J connectivity index is 1.14. The van der Waals surface area contributed by atoms with Crippen LogP contribution in [0.15, 0.2) is 144 Å². The average molecular weight is 700 g/mol. The van der Waals surface area contributed by atoms with Gasteiger partial charge in [-0.3, -0.25) is 0 Å². The average Bonchev–Trinajstić information content (AvgIpc) is 3.78. The van der Waals surface area contributed by atoms with Gasteiger partial charge in [-0.25, -0.2) is 15.0 Å². The summed E-state index contributed by atoms with van der Waals surface area (Å²) in [5.41, 5.74) is 16.4. The lowest BCUT2D eigenvalue weighted by molar-refractivity contribution is 0.669. The van der Waals surface area contributed by atoms with Crippen molar-refractivity contribution in [2.45, 2.75) is 0 Å². The van der Waals surface area contributed by atoms with E-state index in [2.05, 4.69) is 153 Å². The van der Waals surface area contributed by atoms with Crippen LogP contribution in [0.4, 0.5) is 0 Å². The molecule has 0 aliphatic heterocycles. The summed E-state index contributed by atoms with van der Waals surface area (Å²) in [5, 5.41) is 4.53. The molecule has 0 radical (unpaired) electrons. The minimum Gasteiger partial charge on any atom is -0.455 e. The SMILES string of the molecule is Bc1c(B)c(B)c(-c2nc(-c3ccccc3)nc(-c3cccc4c3oc3ccc(-c5ccc6c(c5)c5ccccc5n6-c5ccccc5)cc34)n2)c(B)c1B. The molecule has 0 aliphatic carbocycles. The van der Waals surface area contributed by atoms with Crippen LogP contribution < -0.4 is 27.3 Å². The molecule has 0 aliphatic rings. The Morgan fingerprint density at radius 3 is 1.76 bits per heavy atom. The maximum atomic E-state index is 6.70. The third-order valence-corrected chi connectivity index (χ3v) is 11.6. The van der Waals surface area contributed by atoms with E-state index in [1.807, 2.05) is 30.3 Å². The lowest BCUT2D eigenvalue weighted by Gasteiger charge is -2.20. The van der Waals surface area contributed by atoms with Crippen LogP contribution in [-0.2, 0) is 0 Å². The summed E-state index contributed by atoms with van der Waals surface area (Å²) in [6.45, 7) is 0. The number of rotatable bonds is 5. The first-order valence-electron chi connectivity index (χ1n) is 18.8. The molecule has 0 N–H and O–H groups in total. The molecule has 7 aromatic carbocycles. The molecular formula is C45H33B5N4O. The van der Waals surface area contributed by atoms with E-state index in [4.69, 9.17) is 19.4 Å². The standard InChI is InChI=1S/C45H33B5N4O/c46-37-36(38(47)40(49)41(50)39(37)48)45-52-43(24-10-3-1-4-11-24)51-44(53-45)30-16-9-15-29-32-23-26(19-21-35(32)55-42(29)30)25-18-20-34-31(22-25)28-14-7-8-17-33(28)54(34)27-12-5-2-6-13-27/h1-23H,46-50H2. The maximum Gasteiger partial charge on any atom is 0.167 e. The van der Waals surface area contributed by atoms with Crippen molar-refractivity contribution in [3.05, 3.63) is 140 Å². The van der Waals surface area contributed by atoms with Gasteiger partial charge >= 0.3 is 0 Å². The third kappa shape index (κ3) is 5.27. The number of furan rings is 1. The van der Waals surface area contributed by atoms with Crippen LogP contribution in [0.3, 0.4) is 0 Å². The Bertz CT molecular complexity index is 3130. The highest BCUT2D eigenvalue weighted by molar-refractivity contribution is 6.68. The molecule has 10 aromatic rings. The number of para-hydroxylation sites is 3. The normalized spacial score (nSPS) is 11.6. The number of hydrogen-bond acceptors (Lipinski definition) is 4. The molecule has 0 fully saturated rings. The second-order valence-corrected chi connectivity index (χ2v) is 14.6. The van der Waals surface area contributed by atoms with E-state index in [0.29, 0.717) is 17.5 Å². The third-order valence-electron chi connectivity index (χ3n) is 11.6. The molecule has 254 valence electrons. The lowest BCUT2D eigenvalue weighted by atomic mass is 9.60. The van der Waals surface area contributed by atoms with Crippen LogP contribution in [0.25, 0.3) is 94.7 Å². The molecule has 55 heavy (non-hydrogen) atoms. The predicted octanol–water partition coefficient (Wildman–Crippen LogP) is 2.83. The smallest absolute Gasteiger partial charge is 0.167 e. The molecule has 0 amide bonds. The van der Waals surface area contributed by atoms with Crippen molar-refractivity contribution in [1.82, 2.24) is 19.5 Å². The zero-order valence-electron chi connectivity index (χ0n) is 31.5. The van der Waals surface area contributed by atoms with Gasteiger partial charge in [0.1, 0.15) is 50.4 Å². The first kappa shape index (κ1) is 33.1. The Morgan fingerprint density at radius 1 is 0.418 bits per heavy atom. The number of nitrogens with zero attached hydrogens (tertiary/aromatic N) is 4. The molecule has 0 bridgehead atoms. The van der Waals surface area contributed by atoms with Gasteiger partial charge in [-0.05, 0) is 59.7 Å². The summed E-state index contributed by atoms with van der Waals surface area (Å²) in [5.74, 6) is 1.89. The number of fused-ring (bicyclic) bond motifs is 6. The van der Waals surface area contributed by atoms with E-state index in [1.54, 1.807) is 0 Å². The van der Waals surface area contributed by atoms with Gasteiger partial charge in [-0.2, -0.15) is 0 Å². The van der Waals surface area contributed by atoms with Crippen molar-refractivity contribution in [3.63, 3.8) is 0 Å². The van der Waals surface area contributed by atoms with E-state index in [-0.39, 0.29) is 0 Å². The second-order valence-electron chi connectivity index (χ2n) is 14.6. The van der Waals surface area contributed by atoms with Gasteiger partial charge in [0, 0.05) is 38.4 Å². The van der Waals surface area contributed by atoms with Crippen LogP contribution in [0.1, 0.15) is 0 Å². The summed E-state index contributed by atoms with van der Waals surface area (Å²) in [7, 11) is 10.9. The summed E-state index contributed by atoms with van der Waals surface area (Å²) in [4.78, 5) is 15.4. The summed E-state index contributed by atoms with van der Waals surface area (Å²) >= 11 is 0. The van der Waals surface area contributed by atoms with Crippen LogP contribution in [0, 0.1) is 0 Å². The number of hydrogen-bond donors (Lipinski definition) is 0. The van der Waals surface area contributed by atoms with Crippen LogP contribution >= 0.6 is 0 Å². The Morgan fingerprint density at radius 2 is 1.00 bits per heavy atom. The largest absolute Gasteiger partial charge is 0.455 e. The first-order valence-corrected chi connectivity index (χ1v) is 18.8. The topological polar surface area (TPSA) is 56.7 Å². The molecule has 10 rings (SSSR count). The summed E-state index contributed by atoms with van der Waals surface area (Å²) in [6.07, 6.45) is 0. The Kier molecular flexibility index (Phi) is 7.70. The molecule has 0 saturated heterocycles. The van der Waals surface area contributed by atoms with Crippen molar-refractivity contribution >= 4 is 110 Å². The highest BCUT2D eigenvalue weighted by Crippen LogP contribution is 2.39. The molecule has 0 atom stereocenters. The van der Waals surface area contributed by atoms with Gasteiger partial charge in [-0.15, -0.1) is 16.4 Å². The fraction of sp³-hybridized carbons (Fsp3) is 0. The molecule has 3 aromatic heterocycles. The number of aromatic nitrogens is 4. The highest BCUT2D eigenvalue weighted by atomic mass is 16.3. The van der Waals surface area contributed by atoms with Crippen molar-refractivity contribution < 1.29 is 4.42 Å². The molecule has 0 unspecified atom stereocenters. The van der Waals surface area contributed by atoms with Gasteiger partial charge in [0.2, 0.25) is 0 Å². The minimum atomic E-state index is 0.587. The van der Waals surface area contributed by atoms with E-state index < -0.39 is 0 Å². The first-order chi connectivity index (χ1) is 26.9. The van der Waals surface area contributed by atoms with Gasteiger partial charge in [-0.1, -0.05) is 102 Å². The van der Waals surface area contributed by atoms with E-state index in [9.17, 15) is 0 Å².